The highest BCUT2D eigenvalue weighted by Crippen LogP contribution is 1.96. The van der Waals surface area contributed by atoms with Gasteiger partial charge in [-0.25, -0.2) is 0 Å². The van der Waals surface area contributed by atoms with Crippen LogP contribution in [0, 0.1) is 0 Å². The number of unbranched alkanes of at least 4 members (excludes halogenated alkanes) is 1. The Morgan fingerprint density at radius 3 is 2.62 bits per heavy atom. The molecular weight excluding hydrogens is 96.1 g/mol. The molecule has 0 aromatic rings. The van der Waals surface area contributed by atoms with Gasteiger partial charge in [-0.3, -0.25) is 0 Å². The first-order chi connectivity index (χ1) is 3.81. The van der Waals surface area contributed by atoms with E-state index in [-0.39, 0.29) is 0 Å². The Balaban J connectivity index is 3.40. The van der Waals surface area contributed by atoms with Crippen LogP contribution in [0.15, 0.2) is 24.3 Å². The molecule has 0 heteroatoms. The summed E-state index contributed by atoms with van der Waals surface area (Å²) in [7, 11) is 0. The smallest absolute Gasteiger partial charge is 0.0348 e. The molecule has 0 nitrogen and oxygen atoms in total. The van der Waals surface area contributed by atoms with Crippen molar-refractivity contribution in [2.45, 2.75) is 26.7 Å². The molecule has 0 rings (SSSR count). The molecule has 0 bridgehead atoms. The Morgan fingerprint density at radius 2 is 2.25 bits per heavy atom. The van der Waals surface area contributed by atoms with Gasteiger partial charge in [0.05, 0.1) is 0 Å². The molecule has 0 unspecified atom stereocenters. The van der Waals surface area contributed by atoms with Crippen molar-refractivity contribution in [1.29, 1.82) is 0 Å². The van der Waals surface area contributed by atoms with Crippen LogP contribution in [0.3, 0.4) is 0 Å². The maximum atomic E-state index is 3.65. The zero-order valence-electron chi connectivity index (χ0n) is 5.78. The monoisotopic (exact) mass is 110 g/mol. The van der Waals surface area contributed by atoms with Crippen LogP contribution in [0.5, 0.6) is 0 Å². The fraction of sp³-hybridized carbons (Fsp3) is 0.500. The number of rotatable bonds is 3. The molecule has 0 spiro atoms. The van der Waals surface area contributed by atoms with Crippen molar-refractivity contribution in [2.24, 2.45) is 0 Å². The lowest BCUT2D eigenvalue weighted by atomic mass is 10.2. The van der Waals surface area contributed by atoms with E-state index in [1.807, 2.05) is 6.08 Å². The summed E-state index contributed by atoms with van der Waals surface area (Å²) >= 11 is 0. The maximum absolute atomic E-state index is 3.65. The average molecular weight is 110 g/mol. The van der Waals surface area contributed by atoms with Crippen LogP contribution in [0.2, 0.25) is 0 Å². The summed E-state index contributed by atoms with van der Waals surface area (Å²) in [5, 5.41) is 0. The fourth-order valence-electron chi connectivity index (χ4n) is 0.455. The third kappa shape index (κ3) is 3.66. The Hall–Kier alpha value is -0.520. The van der Waals surface area contributed by atoms with Gasteiger partial charge < -0.3 is 0 Å². The molecule has 0 aromatic carbocycles. The molecular formula is C8H14. The lowest BCUT2D eigenvalue weighted by Gasteiger charge is -1.87. The van der Waals surface area contributed by atoms with Crippen molar-refractivity contribution in [3.8, 4) is 0 Å². The number of hydrogen-bond donors (Lipinski definition) is 0. The summed E-state index contributed by atoms with van der Waals surface area (Å²) in [5.41, 5.74) is 1.28. The zero-order valence-corrected chi connectivity index (χ0v) is 5.78. The standard InChI is InChI=1S/C8H14/c1-4-6-7-8(3)5-2/h5,7H,2,4,6H2,1,3H3/b8-7+. The van der Waals surface area contributed by atoms with Gasteiger partial charge in [0.25, 0.3) is 0 Å². The minimum absolute atomic E-state index is 1.18. The van der Waals surface area contributed by atoms with Gasteiger partial charge in [0.2, 0.25) is 0 Å². The van der Waals surface area contributed by atoms with Crippen molar-refractivity contribution in [3.63, 3.8) is 0 Å². The molecule has 0 saturated carbocycles. The van der Waals surface area contributed by atoms with Gasteiger partial charge in [0.15, 0.2) is 0 Å². The number of allylic oxidation sites excluding steroid dienone is 3. The zero-order chi connectivity index (χ0) is 6.41. The molecule has 0 N–H and O–H groups in total. The van der Waals surface area contributed by atoms with Crippen molar-refractivity contribution in [2.75, 3.05) is 0 Å². The Bertz CT molecular complexity index is 88.2. The Kier molecular flexibility index (Phi) is 4.33. The largest absolute Gasteiger partial charge is 0.0988 e. The predicted octanol–water partition coefficient (Wildman–Crippen LogP) is 2.92. The van der Waals surface area contributed by atoms with Gasteiger partial charge in [-0.1, -0.05) is 37.6 Å². The van der Waals surface area contributed by atoms with E-state index in [9.17, 15) is 0 Å². The molecule has 8 heavy (non-hydrogen) atoms. The normalized spacial score (nSPS) is 11.5. The van der Waals surface area contributed by atoms with Crippen molar-refractivity contribution < 1.29 is 0 Å². The molecule has 0 heterocycles. The second-order valence-electron chi connectivity index (χ2n) is 1.94. The fourth-order valence-corrected chi connectivity index (χ4v) is 0.455. The summed E-state index contributed by atoms with van der Waals surface area (Å²) in [5.74, 6) is 0. The quantitative estimate of drug-likeness (QED) is 0.490. The van der Waals surface area contributed by atoms with E-state index >= 15 is 0 Å². The van der Waals surface area contributed by atoms with Gasteiger partial charge in [-0.05, 0) is 13.3 Å². The highest BCUT2D eigenvalue weighted by molar-refractivity contribution is 5.12. The number of hydrogen-bond acceptors (Lipinski definition) is 0. The highest BCUT2D eigenvalue weighted by Gasteiger charge is 1.76. The van der Waals surface area contributed by atoms with Crippen LogP contribution in [-0.4, -0.2) is 0 Å². The lowest BCUT2D eigenvalue weighted by Crippen LogP contribution is -1.66. The van der Waals surface area contributed by atoms with Crippen LogP contribution >= 0.6 is 0 Å². The second kappa shape index (κ2) is 4.63. The van der Waals surface area contributed by atoms with E-state index in [1.165, 1.54) is 18.4 Å². The topological polar surface area (TPSA) is 0 Å². The summed E-state index contributed by atoms with van der Waals surface area (Å²) in [6.45, 7) is 7.89. The van der Waals surface area contributed by atoms with Crippen LogP contribution in [-0.2, 0) is 0 Å². The molecule has 0 aromatic heterocycles. The SMILES string of the molecule is C=C/C(C)=C/CCC. The van der Waals surface area contributed by atoms with E-state index in [1.54, 1.807) is 0 Å². The van der Waals surface area contributed by atoms with Gasteiger partial charge in [-0.15, -0.1) is 0 Å². The molecule has 0 radical (unpaired) electrons. The summed E-state index contributed by atoms with van der Waals surface area (Å²) in [6.07, 6.45) is 6.49. The van der Waals surface area contributed by atoms with E-state index in [4.69, 9.17) is 0 Å². The van der Waals surface area contributed by atoms with Gasteiger partial charge in [0.1, 0.15) is 0 Å². The molecule has 0 atom stereocenters. The molecule has 0 saturated heterocycles. The van der Waals surface area contributed by atoms with E-state index in [0.717, 1.165) is 0 Å². The second-order valence-corrected chi connectivity index (χ2v) is 1.94. The van der Waals surface area contributed by atoms with Crippen LogP contribution in [0.4, 0.5) is 0 Å². The van der Waals surface area contributed by atoms with Gasteiger partial charge in [0, 0.05) is 0 Å². The predicted molar refractivity (Wildman–Crippen MR) is 38.9 cm³/mol. The van der Waals surface area contributed by atoms with Crippen molar-refractivity contribution >= 4 is 0 Å². The highest BCUT2D eigenvalue weighted by atomic mass is 13.8. The van der Waals surface area contributed by atoms with E-state index in [0.29, 0.717) is 0 Å². The van der Waals surface area contributed by atoms with E-state index in [2.05, 4.69) is 26.5 Å². The van der Waals surface area contributed by atoms with Crippen LogP contribution < -0.4 is 0 Å². The molecule has 0 aliphatic carbocycles. The van der Waals surface area contributed by atoms with Crippen LogP contribution in [0.25, 0.3) is 0 Å². The minimum atomic E-state index is 1.18. The molecule has 0 amide bonds. The van der Waals surface area contributed by atoms with Gasteiger partial charge >= 0.3 is 0 Å². The summed E-state index contributed by atoms with van der Waals surface area (Å²) < 4.78 is 0. The Morgan fingerprint density at radius 1 is 1.62 bits per heavy atom. The molecule has 46 valence electrons. The summed E-state index contributed by atoms with van der Waals surface area (Å²) in [6, 6.07) is 0. The molecule has 0 aliphatic heterocycles. The van der Waals surface area contributed by atoms with Crippen molar-refractivity contribution in [1.82, 2.24) is 0 Å². The maximum Gasteiger partial charge on any atom is -0.0348 e. The third-order valence-electron chi connectivity index (χ3n) is 1.08. The van der Waals surface area contributed by atoms with Crippen molar-refractivity contribution in [3.05, 3.63) is 24.3 Å². The van der Waals surface area contributed by atoms with Crippen LogP contribution in [0.1, 0.15) is 26.7 Å². The molecule has 0 fully saturated rings. The summed E-state index contributed by atoms with van der Waals surface area (Å²) in [4.78, 5) is 0. The minimum Gasteiger partial charge on any atom is -0.0988 e. The Labute approximate surface area is 51.9 Å². The first kappa shape index (κ1) is 7.48. The molecule has 0 aliphatic rings. The van der Waals surface area contributed by atoms with E-state index < -0.39 is 0 Å². The lowest BCUT2D eigenvalue weighted by molar-refractivity contribution is 0.952. The first-order valence-electron chi connectivity index (χ1n) is 3.10. The first-order valence-corrected chi connectivity index (χ1v) is 3.10. The third-order valence-corrected chi connectivity index (χ3v) is 1.08. The average Bonchev–Trinajstić information content (AvgIpc) is 1.83. The van der Waals surface area contributed by atoms with Gasteiger partial charge in [-0.2, -0.15) is 0 Å².